The molecule has 0 atom stereocenters. The van der Waals surface area contributed by atoms with Crippen molar-refractivity contribution in [3.8, 4) is 22.3 Å². The summed E-state index contributed by atoms with van der Waals surface area (Å²) in [5.41, 5.74) is 10.6. The van der Waals surface area contributed by atoms with Gasteiger partial charge in [-0.25, -0.2) is 0 Å². The largest absolute Gasteiger partial charge is 4.00 e. The Bertz CT molecular complexity index is 1660. The van der Waals surface area contributed by atoms with Crippen LogP contribution in [0.2, 0.25) is 12.6 Å². The van der Waals surface area contributed by atoms with E-state index in [4.69, 9.17) is 0 Å². The van der Waals surface area contributed by atoms with Crippen molar-refractivity contribution in [3.05, 3.63) is 134 Å². The van der Waals surface area contributed by atoms with Gasteiger partial charge in [0.05, 0.1) is 8.07 Å². The molecular formula is C40H44HfSi. The molecule has 6 aromatic carbocycles. The smallest absolute Gasteiger partial charge is 0.358 e. The molecule has 0 saturated carbocycles. The van der Waals surface area contributed by atoms with Gasteiger partial charge in [-0.15, -0.1) is 68.3 Å². The van der Waals surface area contributed by atoms with Crippen molar-refractivity contribution in [2.75, 3.05) is 0 Å². The minimum atomic E-state index is -1.96. The first-order valence-corrected chi connectivity index (χ1v) is 17.0. The van der Waals surface area contributed by atoms with Gasteiger partial charge in [0, 0.05) is 0 Å². The minimum absolute atomic E-state index is 0. The second-order valence-electron chi connectivity index (χ2n) is 11.9. The van der Waals surface area contributed by atoms with Crippen LogP contribution >= 0.6 is 0 Å². The van der Waals surface area contributed by atoms with E-state index in [9.17, 15) is 0 Å². The van der Waals surface area contributed by atoms with Crippen molar-refractivity contribution < 1.29 is 25.8 Å². The fraction of sp³-hybridized carbons (Fsp3) is 0.200. The molecule has 0 radical (unpaired) electrons. The van der Waals surface area contributed by atoms with E-state index in [1.54, 1.807) is 10.4 Å². The molecule has 0 aliphatic rings. The third-order valence-corrected chi connectivity index (χ3v) is 13.2. The van der Waals surface area contributed by atoms with Crippen LogP contribution in [-0.4, -0.2) is 8.07 Å². The summed E-state index contributed by atoms with van der Waals surface area (Å²) in [7, 11) is -1.96. The zero-order valence-electron chi connectivity index (χ0n) is 26.7. The van der Waals surface area contributed by atoms with Crippen LogP contribution in [0.1, 0.15) is 35.6 Å². The monoisotopic (exact) mass is 732 g/mol. The Morgan fingerprint density at radius 2 is 0.952 bits per heavy atom. The second-order valence-corrected chi connectivity index (χ2v) is 16.3. The van der Waals surface area contributed by atoms with Crippen LogP contribution in [0.4, 0.5) is 0 Å². The molecule has 212 valence electrons. The third kappa shape index (κ3) is 6.12. The first-order chi connectivity index (χ1) is 18.7. The average molecular weight is 731 g/mol. The average Bonchev–Trinajstić information content (AvgIpc) is 3.53. The van der Waals surface area contributed by atoms with E-state index in [1.807, 2.05) is 0 Å². The molecule has 6 aromatic rings. The fourth-order valence-electron chi connectivity index (χ4n) is 6.83. The molecule has 0 bridgehead atoms. The molecule has 0 saturated heterocycles. The molecule has 0 heterocycles. The summed E-state index contributed by atoms with van der Waals surface area (Å²) in [6, 6.07) is 38.8. The Labute approximate surface area is 274 Å². The summed E-state index contributed by atoms with van der Waals surface area (Å²) in [6.45, 7) is 13.7. The molecule has 42 heavy (non-hydrogen) atoms. The molecule has 0 spiro atoms. The van der Waals surface area contributed by atoms with Crippen LogP contribution in [-0.2, 0) is 25.8 Å². The Kier molecular flexibility index (Phi) is 10.6. The molecule has 6 rings (SSSR count). The SMILES string of the molecule is CCC[Si](C)(c1cc2c(-c3cc(C)cc(C)c3)cccc2[cH-]1)c1cc2c(-c3cc(C)cc(C)c3)cccc2[cH-]1.[CH3-].[CH3-].[Hf+4]. The number of rotatable bonds is 6. The predicted octanol–water partition coefficient (Wildman–Crippen LogP) is 10.5. The van der Waals surface area contributed by atoms with Gasteiger partial charge >= 0.3 is 25.8 Å². The Morgan fingerprint density at radius 3 is 1.31 bits per heavy atom. The summed E-state index contributed by atoms with van der Waals surface area (Å²) in [5.74, 6) is 0. The maximum Gasteiger partial charge on any atom is 4.00 e. The van der Waals surface area contributed by atoms with Crippen LogP contribution in [0.15, 0.2) is 97.1 Å². The van der Waals surface area contributed by atoms with E-state index in [-0.39, 0.29) is 40.7 Å². The van der Waals surface area contributed by atoms with E-state index >= 15 is 0 Å². The van der Waals surface area contributed by atoms with Gasteiger partial charge in [0.25, 0.3) is 0 Å². The Morgan fingerprint density at radius 1 is 0.571 bits per heavy atom. The summed E-state index contributed by atoms with van der Waals surface area (Å²) < 4.78 is 0. The van der Waals surface area contributed by atoms with Gasteiger partial charge in [0.15, 0.2) is 0 Å². The number of hydrogen-bond acceptors (Lipinski definition) is 0. The quantitative estimate of drug-likeness (QED) is 0.118. The van der Waals surface area contributed by atoms with E-state index in [1.165, 1.54) is 78.5 Å². The molecule has 0 aromatic heterocycles. The first kappa shape index (κ1) is 33.7. The van der Waals surface area contributed by atoms with Gasteiger partial charge < -0.3 is 14.9 Å². The maximum atomic E-state index is 2.59. The third-order valence-electron chi connectivity index (χ3n) is 8.59. The van der Waals surface area contributed by atoms with Crippen molar-refractivity contribution in [1.29, 1.82) is 0 Å². The van der Waals surface area contributed by atoms with Crippen molar-refractivity contribution in [2.45, 2.75) is 53.6 Å². The van der Waals surface area contributed by atoms with Crippen LogP contribution in [0.3, 0.4) is 0 Å². The molecule has 0 N–H and O–H groups in total. The first-order valence-electron chi connectivity index (χ1n) is 14.3. The molecule has 0 unspecified atom stereocenters. The maximum absolute atomic E-state index is 2.59. The zero-order valence-corrected chi connectivity index (χ0v) is 31.2. The topological polar surface area (TPSA) is 0 Å². The van der Waals surface area contributed by atoms with Crippen molar-refractivity contribution in [3.63, 3.8) is 0 Å². The predicted molar refractivity (Wildman–Crippen MR) is 188 cm³/mol. The Balaban J connectivity index is 0.00000161. The van der Waals surface area contributed by atoms with Gasteiger partial charge in [-0.1, -0.05) is 108 Å². The Hall–Kier alpha value is -2.81. The molecule has 0 aliphatic carbocycles. The van der Waals surface area contributed by atoms with Crippen LogP contribution in [0, 0.1) is 42.5 Å². The normalized spacial score (nSPS) is 11.2. The van der Waals surface area contributed by atoms with Crippen molar-refractivity contribution in [2.24, 2.45) is 0 Å². The van der Waals surface area contributed by atoms with E-state index < -0.39 is 8.07 Å². The molecule has 0 aliphatic heterocycles. The molecule has 0 fully saturated rings. The molecule has 0 amide bonds. The van der Waals surface area contributed by atoms with E-state index in [2.05, 4.69) is 138 Å². The summed E-state index contributed by atoms with van der Waals surface area (Å²) >= 11 is 0. The van der Waals surface area contributed by atoms with Crippen LogP contribution < -0.4 is 10.4 Å². The summed E-state index contributed by atoms with van der Waals surface area (Å²) in [4.78, 5) is 0. The van der Waals surface area contributed by atoms with Crippen LogP contribution in [0.25, 0.3) is 43.8 Å². The van der Waals surface area contributed by atoms with Crippen LogP contribution in [0.5, 0.6) is 0 Å². The summed E-state index contributed by atoms with van der Waals surface area (Å²) in [6.07, 6.45) is 1.19. The molecule has 0 nitrogen and oxygen atoms in total. The summed E-state index contributed by atoms with van der Waals surface area (Å²) in [5, 5.41) is 8.62. The fourth-order valence-corrected chi connectivity index (χ4v) is 10.6. The second kappa shape index (κ2) is 13.2. The zero-order chi connectivity index (χ0) is 27.3. The molecule has 2 heteroatoms. The van der Waals surface area contributed by atoms with Gasteiger partial charge in [-0.3, -0.25) is 0 Å². The van der Waals surface area contributed by atoms with Crippen molar-refractivity contribution >= 4 is 40.0 Å². The van der Waals surface area contributed by atoms with Gasteiger partial charge in [0.2, 0.25) is 0 Å². The number of aryl methyl sites for hydroxylation is 4. The van der Waals surface area contributed by atoms with E-state index in [0.29, 0.717) is 0 Å². The van der Waals surface area contributed by atoms with Crippen molar-refractivity contribution in [1.82, 2.24) is 0 Å². The molecular weight excluding hydrogens is 687 g/mol. The van der Waals surface area contributed by atoms with Gasteiger partial charge in [0.1, 0.15) is 0 Å². The standard InChI is InChI=1S/C38H38Si.2CH3.Hf/c1-7-14-39(6,33-21-29-10-8-12-35(37(29)23-33)31-17-25(2)15-26(3)18-31)34-22-30-11-9-13-36(38(30)24-34)32-19-27(4)16-28(5)20-32;;;/h8-13,15-24H,7,14H2,1-6H3;2*1H3;/q-2;2*-1;+4. The number of fused-ring (bicyclic) bond motifs is 2. The van der Waals surface area contributed by atoms with E-state index in [0.717, 1.165) is 0 Å². The minimum Gasteiger partial charge on any atom is -0.358 e. The van der Waals surface area contributed by atoms with Gasteiger partial charge in [-0.2, -0.15) is 12.1 Å². The number of benzene rings is 4. The number of hydrogen-bond donors (Lipinski definition) is 0. The van der Waals surface area contributed by atoms with Gasteiger partial charge in [-0.05, 0) is 38.8 Å².